The average molecular weight is 363 g/mol. The van der Waals surface area contributed by atoms with Gasteiger partial charge in [0.15, 0.2) is 0 Å². The van der Waals surface area contributed by atoms with E-state index < -0.39 is 0 Å². The van der Waals surface area contributed by atoms with Crippen molar-refractivity contribution in [3.8, 4) is 11.5 Å². The molecule has 0 aliphatic heterocycles. The lowest BCUT2D eigenvalue weighted by Crippen LogP contribution is -2.25. The lowest BCUT2D eigenvalue weighted by atomic mass is 9.92. The van der Waals surface area contributed by atoms with E-state index in [1.807, 2.05) is 60.7 Å². The number of carbonyl (C=O) groups excluding carboxylic acids is 1. The number of ether oxygens (including phenoxy) is 1. The fourth-order valence-electron chi connectivity index (χ4n) is 2.62. The maximum absolute atomic E-state index is 12.5. The summed E-state index contributed by atoms with van der Waals surface area (Å²) in [6, 6.07) is 19.2. The number of amides is 1. The minimum Gasteiger partial charge on any atom is -0.457 e. The minimum atomic E-state index is -0.134. The Kier molecular flexibility index (Phi) is 5.31. The van der Waals surface area contributed by atoms with Crippen molar-refractivity contribution in [2.75, 3.05) is 0 Å². The summed E-state index contributed by atoms with van der Waals surface area (Å²) < 4.78 is 7.41. The fraction of sp³-hybridized carbons (Fsp3) is 0.273. The first-order chi connectivity index (χ1) is 12.8. The third kappa shape index (κ3) is 4.76. The maximum atomic E-state index is 12.5. The summed E-state index contributed by atoms with van der Waals surface area (Å²) >= 11 is 0. The second kappa shape index (κ2) is 7.66. The molecule has 0 radical (unpaired) electrons. The number of para-hydroxylation sites is 1. The van der Waals surface area contributed by atoms with Crippen LogP contribution in [-0.4, -0.2) is 15.7 Å². The zero-order valence-corrected chi connectivity index (χ0v) is 16.2. The summed E-state index contributed by atoms with van der Waals surface area (Å²) in [7, 11) is 1.79. The number of carbonyl (C=O) groups is 1. The number of nitrogens with zero attached hydrogens (tertiary/aromatic N) is 2. The van der Waals surface area contributed by atoms with Crippen molar-refractivity contribution >= 4 is 5.91 Å². The predicted octanol–water partition coefficient (Wildman–Crippen LogP) is 4.44. The van der Waals surface area contributed by atoms with E-state index in [0.29, 0.717) is 12.2 Å². The van der Waals surface area contributed by atoms with Gasteiger partial charge in [-0.2, -0.15) is 5.10 Å². The number of aryl methyl sites for hydroxylation is 1. The molecule has 3 aromatic rings. The van der Waals surface area contributed by atoms with Gasteiger partial charge in [0.2, 0.25) is 0 Å². The molecule has 1 aromatic heterocycles. The monoisotopic (exact) mass is 363 g/mol. The first kappa shape index (κ1) is 18.7. The normalized spacial score (nSPS) is 11.3. The van der Waals surface area contributed by atoms with Crippen LogP contribution in [0.25, 0.3) is 0 Å². The highest BCUT2D eigenvalue weighted by Gasteiger charge is 2.21. The van der Waals surface area contributed by atoms with E-state index in [0.717, 1.165) is 22.8 Å². The maximum Gasteiger partial charge on any atom is 0.269 e. The van der Waals surface area contributed by atoms with Crippen LogP contribution in [0.5, 0.6) is 11.5 Å². The van der Waals surface area contributed by atoms with Gasteiger partial charge in [0.25, 0.3) is 5.91 Å². The Labute approximate surface area is 160 Å². The smallest absolute Gasteiger partial charge is 0.269 e. The third-order valence-electron chi connectivity index (χ3n) is 4.24. The SMILES string of the molecule is Cn1nc(C(C)(C)C)cc1C(=O)NCc1ccc(Oc2ccccc2)cc1. The summed E-state index contributed by atoms with van der Waals surface area (Å²) in [4.78, 5) is 12.5. The van der Waals surface area contributed by atoms with Crippen molar-refractivity contribution in [1.82, 2.24) is 15.1 Å². The van der Waals surface area contributed by atoms with E-state index >= 15 is 0 Å². The van der Waals surface area contributed by atoms with Gasteiger partial charge in [-0.05, 0) is 35.9 Å². The molecule has 0 aliphatic rings. The van der Waals surface area contributed by atoms with Crippen LogP contribution in [0.4, 0.5) is 0 Å². The summed E-state index contributed by atoms with van der Waals surface area (Å²) in [6.45, 7) is 6.68. The van der Waals surface area contributed by atoms with Crippen LogP contribution in [0.15, 0.2) is 60.7 Å². The Morgan fingerprint density at radius 1 is 1.04 bits per heavy atom. The number of aromatic nitrogens is 2. The molecule has 0 unspecified atom stereocenters. The topological polar surface area (TPSA) is 56.2 Å². The number of hydrogen-bond acceptors (Lipinski definition) is 3. The molecule has 0 bridgehead atoms. The van der Waals surface area contributed by atoms with Crippen molar-refractivity contribution in [3.05, 3.63) is 77.6 Å². The minimum absolute atomic E-state index is 0.0924. The molecule has 0 atom stereocenters. The highest BCUT2D eigenvalue weighted by atomic mass is 16.5. The van der Waals surface area contributed by atoms with Gasteiger partial charge in [0.1, 0.15) is 17.2 Å². The molecule has 1 amide bonds. The average Bonchev–Trinajstić information content (AvgIpc) is 3.04. The van der Waals surface area contributed by atoms with Gasteiger partial charge in [-0.25, -0.2) is 0 Å². The summed E-state index contributed by atoms with van der Waals surface area (Å²) in [6.07, 6.45) is 0. The van der Waals surface area contributed by atoms with Crippen molar-refractivity contribution in [1.29, 1.82) is 0 Å². The van der Waals surface area contributed by atoms with E-state index in [9.17, 15) is 4.79 Å². The van der Waals surface area contributed by atoms with Crippen LogP contribution in [0.3, 0.4) is 0 Å². The standard InChI is InChI=1S/C22H25N3O2/c1-22(2,3)20-14-19(25(4)24-20)21(26)23-15-16-10-12-18(13-11-16)27-17-8-6-5-7-9-17/h5-14H,15H2,1-4H3,(H,23,26). The van der Waals surface area contributed by atoms with E-state index in [1.165, 1.54) is 0 Å². The van der Waals surface area contributed by atoms with Crippen molar-refractivity contribution in [2.24, 2.45) is 7.05 Å². The zero-order valence-electron chi connectivity index (χ0n) is 16.2. The molecule has 2 aromatic carbocycles. The Morgan fingerprint density at radius 3 is 2.26 bits per heavy atom. The number of benzene rings is 2. The molecule has 0 saturated carbocycles. The Bertz CT molecular complexity index is 907. The number of rotatable bonds is 5. The third-order valence-corrected chi connectivity index (χ3v) is 4.24. The molecule has 5 heteroatoms. The number of nitrogens with one attached hydrogen (secondary N) is 1. The van der Waals surface area contributed by atoms with E-state index in [2.05, 4.69) is 31.2 Å². The molecule has 0 saturated heterocycles. The Balaban J connectivity index is 1.60. The molecule has 1 heterocycles. The first-order valence-corrected chi connectivity index (χ1v) is 8.97. The Morgan fingerprint density at radius 2 is 1.67 bits per heavy atom. The van der Waals surface area contributed by atoms with Crippen LogP contribution in [0.2, 0.25) is 0 Å². The van der Waals surface area contributed by atoms with Gasteiger partial charge in [-0.1, -0.05) is 51.1 Å². The highest BCUT2D eigenvalue weighted by molar-refractivity contribution is 5.92. The van der Waals surface area contributed by atoms with E-state index in [4.69, 9.17) is 4.74 Å². The van der Waals surface area contributed by atoms with Gasteiger partial charge in [-0.3, -0.25) is 9.48 Å². The summed E-state index contributed by atoms with van der Waals surface area (Å²) in [5.74, 6) is 1.42. The van der Waals surface area contributed by atoms with Crippen LogP contribution in [-0.2, 0) is 19.0 Å². The second-order valence-electron chi connectivity index (χ2n) is 7.53. The van der Waals surface area contributed by atoms with Crippen LogP contribution in [0.1, 0.15) is 42.5 Å². The largest absolute Gasteiger partial charge is 0.457 e. The molecule has 0 spiro atoms. The second-order valence-corrected chi connectivity index (χ2v) is 7.53. The number of hydrogen-bond donors (Lipinski definition) is 1. The molecule has 27 heavy (non-hydrogen) atoms. The van der Waals surface area contributed by atoms with E-state index in [1.54, 1.807) is 11.7 Å². The van der Waals surface area contributed by atoms with Gasteiger partial charge in [0, 0.05) is 19.0 Å². The molecule has 5 nitrogen and oxygen atoms in total. The molecule has 1 N–H and O–H groups in total. The summed E-state index contributed by atoms with van der Waals surface area (Å²) in [5.41, 5.74) is 2.37. The molecular weight excluding hydrogens is 338 g/mol. The Hall–Kier alpha value is -3.08. The molecule has 0 aliphatic carbocycles. The van der Waals surface area contributed by atoms with Gasteiger partial charge in [-0.15, -0.1) is 0 Å². The quantitative estimate of drug-likeness (QED) is 0.729. The fourth-order valence-corrected chi connectivity index (χ4v) is 2.62. The summed E-state index contributed by atoms with van der Waals surface area (Å²) in [5, 5.41) is 7.40. The molecular formula is C22H25N3O2. The van der Waals surface area contributed by atoms with Crippen LogP contribution in [0, 0.1) is 0 Å². The predicted molar refractivity (Wildman–Crippen MR) is 106 cm³/mol. The van der Waals surface area contributed by atoms with Gasteiger partial charge >= 0.3 is 0 Å². The van der Waals surface area contributed by atoms with Gasteiger partial charge < -0.3 is 10.1 Å². The van der Waals surface area contributed by atoms with Crippen LogP contribution < -0.4 is 10.1 Å². The van der Waals surface area contributed by atoms with Gasteiger partial charge in [0.05, 0.1) is 5.69 Å². The van der Waals surface area contributed by atoms with Crippen molar-refractivity contribution in [2.45, 2.75) is 32.7 Å². The zero-order chi connectivity index (χ0) is 19.4. The molecule has 140 valence electrons. The molecule has 0 fully saturated rings. The lowest BCUT2D eigenvalue weighted by molar-refractivity contribution is 0.0941. The highest BCUT2D eigenvalue weighted by Crippen LogP contribution is 2.22. The van der Waals surface area contributed by atoms with E-state index in [-0.39, 0.29) is 11.3 Å². The van der Waals surface area contributed by atoms with Crippen LogP contribution >= 0.6 is 0 Å². The van der Waals surface area contributed by atoms with Crippen molar-refractivity contribution < 1.29 is 9.53 Å². The lowest BCUT2D eigenvalue weighted by Gasteiger charge is -2.13. The van der Waals surface area contributed by atoms with Crippen molar-refractivity contribution in [3.63, 3.8) is 0 Å². The molecule has 3 rings (SSSR count). The first-order valence-electron chi connectivity index (χ1n) is 8.97.